The highest BCUT2D eigenvalue weighted by Crippen LogP contribution is 2.22. The fourth-order valence-electron chi connectivity index (χ4n) is 2.97. The first kappa shape index (κ1) is 19.4. The number of imidazole rings is 1. The number of nitrogens with zero attached hydrogens (tertiary/aromatic N) is 2. The molecule has 6 nitrogen and oxygen atoms in total. The number of para-hydroxylation sites is 2. The lowest BCUT2D eigenvalue weighted by Gasteiger charge is -2.18. The molecule has 0 aliphatic carbocycles. The van der Waals surface area contributed by atoms with Gasteiger partial charge in [-0.15, -0.1) is 0 Å². The second-order valence-corrected chi connectivity index (χ2v) is 7.33. The van der Waals surface area contributed by atoms with E-state index in [1.165, 1.54) is 6.92 Å². The van der Waals surface area contributed by atoms with Crippen molar-refractivity contribution in [2.45, 2.75) is 32.5 Å². The molecule has 27 heavy (non-hydrogen) atoms. The summed E-state index contributed by atoms with van der Waals surface area (Å²) in [5.74, 6) is 1.27. The number of hydrogen-bond acceptors (Lipinski definition) is 4. The summed E-state index contributed by atoms with van der Waals surface area (Å²) in [5.41, 5.74) is 1.73. The maximum atomic E-state index is 11.4. The number of halogens is 1. The normalized spacial score (nSPS) is 13.3. The van der Waals surface area contributed by atoms with Crippen LogP contribution in [0.1, 0.15) is 25.7 Å². The first-order valence-electron chi connectivity index (χ1n) is 8.72. The predicted octanol–water partition coefficient (Wildman–Crippen LogP) is 3.44. The van der Waals surface area contributed by atoms with Crippen LogP contribution >= 0.6 is 15.9 Å². The molecule has 2 aromatic carbocycles. The second-order valence-electron chi connectivity index (χ2n) is 6.41. The predicted molar refractivity (Wildman–Crippen MR) is 108 cm³/mol. The second kappa shape index (κ2) is 8.54. The van der Waals surface area contributed by atoms with E-state index in [1.807, 2.05) is 60.0 Å². The van der Waals surface area contributed by atoms with Crippen molar-refractivity contribution < 1.29 is 14.6 Å². The Balaban J connectivity index is 1.77. The number of nitrogens with one attached hydrogen (secondary N) is 1. The van der Waals surface area contributed by atoms with Crippen LogP contribution in [0.2, 0.25) is 0 Å². The molecule has 1 heterocycles. The minimum atomic E-state index is -0.727. The van der Waals surface area contributed by atoms with E-state index in [0.717, 1.165) is 15.5 Å². The van der Waals surface area contributed by atoms with Gasteiger partial charge in [-0.2, -0.15) is 0 Å². The van der Waals surface area contributed by atoms with Gasteiger partial charge in [-0.05, 0) is 43.3 Å². The first-order valence-corrected chi connectivity index (χ1v) is 9.52. The summed E-state index contributed by atoms with van der Waals surface area (Å²) in [6.45, 7) is 3.83. The molecular weight excluding hydrogens is 410 g/mol. The zero-order valence-corrected chi connectivity index (χ0v) is 16.8. The van der Waals surface area contributed by atoms with Crippen LogP contribution in [0.5, 0.6) is 5.75 Å². The van der Waals surface area contributed by atoms with Crippen molar-refractivity contribution in [1.29, 1.82) is 0 Å². The van der Waals surface area contributed by atoms with Crippen molar-refractivity contribution in [3.8, 4) is 5.75 Å². The molecule has 1 amide bonds. The Labute approximate surface area is 166 Å². The molecule has 0 aliphatic heterocycles. The van der Waals surface area contributed by atoms with Gasteiger partial charge < -0.3 is 19.7 Å². The highest BCUT2D eigenvalue weighted by molar-refractivity contribution is 9.10. The van der Waals surface area contributed by atoms with Gasteiger partial charge in [0.2, 0.25) is 5.91 Å². The van der Waals surface area contributed by atoms with Gasteiger partial charge in [0.05, 0.1) is 23.6 Å². The zero-order valence-electron chi connectivity index (χ0n) is 15.2. The standard InChI is InChI=1S/C20H22BrN3O3/c1-13(22-14(2)25)20-23-18-5-3-4-6-19(18)24(20)11-16(26)12-27-17-9-7-15(21)8-10-17/h3-10,13,16,26H,11-12H2,1-2H3,(H,22,25)/t13-,16+/m1/s1. The van der Waals surface area contributed by atoms with Gasteiger partial charge >= 0.3 is 0 Å². The third-order valence-corrected chi connectivity index (χ3v) is 4.67. The Morgan fingerprint density at radius 2 is 1.96 bits per heavy atom. The summed E-state index contributed by atoms with van der Waals surface area (Å²) in [6.07, 6.45) is -0.727. The molecule has 142 valence electrons. The smallest absolute Gasteiger partial charge is 0.217 e. The molecular formula is C20H22BrN3O3. The number of carbonyl (C=O) groups excluding carboxylic acids is 1. The monoisotopic (exact) mass is 431 g/mol. The zero-order chi connectivity index (χ0) is 19.4. The molecule has 3 aromatic rings. The van der Waals surface area contributed by atoms with E-state index in [9.17, 15) is 9.90 Å². The van der Waals surface area contributed by atoms with Crippen LogP contribution in [0, 0.1) is 0 Å². The molecule has 2 N–H and O–H groups in total. The van der Waals surface area contributed by atoms with E-state index in [4.69, 9.17) is 4.74 Å². The van der Waals surface area contributed by atoms with Crippen molar-refractivity contribution in [2.75, 3.05) is 6.61 Å². The Kier molecular flexibility index (Phi) is 6.13. The van der Waals surface area contributed by atoms with Gasteiger partial charge in [-0.1, -0.05) is 28.1 Å². The van der Waals surface area contributed by atoms with Crippen molar-refractivity contribution >= 4 is 32.9 Å². The minimum Gasteiger partial charge on any atom is -0.491 e. The van der Waals surface area contributed by atoms with Crippen LogP contribution in [-0.4, -0.2) is 33.3 Å². The molecule has 0 bridgehead atoms. The number of ether oxygens (including phenoxy) is 1. The van der Waals surface area contributed by atoms with E-state index in [-0.39, 0.29) is 18.6 Å². The summed E-state index contributed by atoms with van der Waals surface area (Å²) < 4.78 is 8.58. The molecule has 0 unspecified atom stereocenters. The summed E-state index contributed by atoms with van der Waals surface area (Å²) in [7, 11) is 0. The summed E-state index contributed by atoms with van der Waals surface area (Å²) in [6, 6.07) is 14.9. The number of fused-ring (bicyclic) bond motifs is 1. The fourth-order valence-corrected chi connectivity index (χ4v) is 3.24. The van der Waals surface area contributed by atoms with Crippen LogP contribution in [0.25, 0.3) is 11.0 Å². The van der Waals surface area contributed by atoms with Crippen molar-refractivity contribution in [3.63, 3.8) is 0 Å². The van der Waals surface area contributed by atoms with Gasteiger partial charge in [-0.3, -0.25) is 4.79 Å². The van der Waals surface area contributed by atoms with E-state index in [0.29, 0.717) is 18.1 Å². The topological polar surface area (TPSA) is 76.4 Å². The van der Waals surface area contributed by atoms with E-state index in [2.05, 4.69) is 26.2 Å². The number of aliphatic hydroxyl groups excluding tert-OH is 1. The number of rotatable bonds is 7. The maximum absolute atomic E-state index is 11.4. The summed E-state index contributed by atoms with van der Waals surface area (Å²) >= 11 is 3.38. The number of aliphatic hydroxyl groups is 1. The van der Waals surface area contributed by atoms with Crippen molar-refractivity contribution in [1.82, 2.24) is 14.9 Å². The number of aromatic nitrogens is 2. The Hall–Kier alpha value is -2.38. The Bertz CT molecular complexity index is 924. The Morgan fingerprint density at radius 3 is 2.67 bits per heavy atom. The minimum absolute atomic E-state index is 0.125. The quantitative estimate of drug-likeness (QED) is 0.600. The molecule has 2 atom stereocenters. The van der Waals surface area contributed by atoms with Gasteiger partial charge in [-0.25, -0.2) is 4.98 Å². The first-order chi connectivity index (χ1) is 12.9. The molecule has 0 fully saturated rings. The highest BCUT2D eigenvalue weighted by Gasteiger charge is 2.19. The largest absolute Gasteiger partial charge is 0.491 e. The van der Waals surface area contributed by atoms with E-state index < -0.39 is 6.10 Å². The van der Waals surface area contributed by atoms with Crippen LogP contribution in [-0.2, 0) is 11.3 Å². The van der Waals surface area contributed by atoms with Gasteiger partial charge in [0.15, 0.2) is 0 Å². The average molecular weight is 432 g/mol. The van der Waals surface area contributed by atoms with Crippen LogP contribution in [0.4, 0.5) is 0 Å². The van der Waals surface area contributed by atoms with E-state index >= 15 is 0 Å². The number of hydrogen-bond donors (Lipinski definition) is 2. The molecule has 1 aromatic heterocycles. The lowest BCUT2D eigenvalue weighted by Crippen LogP contribution is -2.29. The third-order valence-electron chi connectivity index (χ3n) is 4.14. The SMILES string of the molecule is CC(=O)N[C@H](C)c1nc2ccccc2n1C[C@H](O)COc1ccc(Br)cc1. The molecule has 3 rings (SSSR count). The van der Waals surface area contributed by atoms with Gasteiger partial charge in [0, 0.05) is 11.4 Å². The molecule has 0 aliphatic rings. The fraction of sp³-hybridized carbons (Fsp3) is 0.300. The summed E-state index contributed by atoms with van der Waals surface area (Å²) in [4.78, 5) is 16.1. The molecule has 7 heteroatoms. The highest BCUT2D eigenvalue weighted by atomic mass is 79.9. The number of carbonyl (C=O) groups is 1. The van der Waals surface area contributed by atoms with Crippen LogP contribution < -0.4 is 10.1 Å². The molecule has 0 saturated heterocycles. The number of benzene rings is 2. The summed E-state index contributed by atoms with van der Waals surface area (Å²) in [5, 5.41) is 13.4. The molecule has 0 saturated carbocycles. The third kappa shape index (κ3) is 4.87. The van der Waals surface area contributed by atoms with E-state index in [1.54, 1.807) is 0 Å². The maximum Gasteiger partial charge on any atom is 0.217 e. The van der Waals surface area contributed by atoms with Gasteiger partial charge in [0.1, 0.15) is 24.3 Å². The van der Waals surface area contributed by atoms with Crippen LogP contribution in [0.3, 0.4) is 0 Å². The van der Waals surface area contributed by atoms with Crippen molar-refractivity contribution in [3.05, 3.63) is 58.8 Å². The van der Waals surface area contributed by atoms with Crippen molar-refractivity contribution in [2.24, 2.45) is 0 Å². The number of amides is 1. The van der Waals surface area contributed by atoms with Crippen LogP contribution in [0.15, 0.2) is 53.0 Å². The van der Waals surface area contributed by atoms with Gasteiger partial charge in [0.25, 0.3) is 0 Å². The average Bonchev–Trinajstić information content (AvgIpc) is 2.99. The lowest BCUT2D eigenvalue weighted by molar-refractivity contribution is -0.119. The lowest BCUT2D eigenvalue weighted by atomic mass is 10.2. The molecule has 0 spiro atoms. The Morgan fingerprint density at radius 1 is 1.26 bits per heavy atom. The molecule has 0 radical (unpaired) electrons.